The van der Waals surface area contributed by atoms with E-state index in [2.05, 4.69) is 203 Å². The van der Waals surface area contributed by atoms with Crippen LogP contribution in [0.1, 0.15) is 125 Å². The van der Waals surface area contributed by atoms with E-state index in [1.54, 1.807) is 0 Å². The summed E-state index contributed by atoms with van der Waals surface area (Å²) in [6.07, 6.45) is -1.27. The van der Waals surface area contributed by atoms with Crippen LogP contribution in [0.25, 0.3) is 0 Å². The third kappa shape index (κ3) is 18.5. The predicted molar refractivity (Wildman–Crippen MR) is 312 cm³/mol. The summed E-state index contributed by atoms with van der Waals surface area (Å²) in [4.78, 5) is 12.7. The highest BCUT2D eigenvalue weighted by atomic mass is 32.2. The Balaban J connectivity index is 0.00000125. The first-order valence-corrected chi connectivity index (χ1v) is 44.8. The zero-order valence-electron chi connectivity index (χ0n) is 51.7. The van der Waals surface area contributed by atoms with Gasteiger partial charge in [-0.1, -0.05) is 125 Å². The maximum Gasteiger partial charge on any atom is 0.522 e. The van der Waals surface area contributed by atoms with Crippen LogP contribution in [0.15, 0.2) is 0 Å². The minimum Gasteiger partial charge on any atom is -0.414 e. The summed E-state index contributed by atoms with van der Waals surface area (Å²) in [5.41, 5.74) is -7.89. The molecule has 25 heteroatoms. The van der Waals surface area contributed by atoms with Gasteiger partial charge in [0, 0.05) is 12.0 Å². The molecule has 0 bridgehead atoms. The Bertz CT molecular complexity index is 1940. The Morgan fingerprint density at radius 1 is 0.500 bits per heavy atom. The molecule has 4 radical (unpaired) electrons. The highest BCUT2D eigenvalue weighted by Gasteiger charge is 2.62. The van der Waals surface area contributed by atoms with Gasteiger partial charge < -0.3 is 41.1 Å². The van der Waals surface area contributed by atoms with E-state index in [1.807, 2.05) is 0 Å². The van der Waals surface area contributed by atoms with E-state index in [0.717, 1.165) is 6.29 Å². The van der Waals surface area contributed by atoms with Crippen molar-refractivity contribution in [3.8, 4) is 0 Å². The maximum atomic E-state index is 12.7. The molecule has 0 aromatic heterocycles. The molecular formula is C49H105B2F3O13SSi6. The van der Waals surface area contributed by atoms with Crippen molar-refractivity contribution in [3.63, 3.8) is 0 Å². The molecule has 2 saturated heterocycles. The van der Waals surface area contributed by atoms with Crippen molar-refractivity contribution in [2.24, 2.45) is 0 Å². The largest absolute Gasteiger partial charge is 0.522 e. The number of alkyl halides is 3. The molecule has 2 N–H and O–H groups in total. The van der Waals surface area contributed by atoms with Crippen LogP contribution in [0.4, 0.5) is 13.2 Å². The molecule has 0 aromatic carbocycles. The second kappa shape index (κ2) is 24.1. The van der Waals surface area contributed by atoms with Gasteiger partial charge in [-0.3, -0.25) is 9.35 Å². The number of aliphatic hydroxyl groups is 1. The molecule has 436 valence electrons. The van der Waals surface area contributed by atoms with E-state index in [4.69, 9.17) is 64.7 Å². The lowest BCUT2D eigenvalue weighted by Crippen LogP contribution is -2.60. The number of carbonyl (C=O) groups is 1. The van der Waals surface area contributed by atoms with Crippen molar-refractivity contribution in [3.05, 3.63) is 0 Å². The fourth-order valence-electron chi connectivity index (χ4n) is 5.90. The van der Waals surface area contributed by atoms with Crippen LogP contribution in [0.5, 0.6) is 0 Å². The van der Waals surface area contributed by atoms with E-state index in [0.29, 0.717) is 0 Å². The number of hydrogen-bond acceptors (Lipinski definition) is 12. The molecule has 0 saturated carbocycles. The molecule has 0 aliphatic carbocycles. The van der Waals surface area contributed by atoms with Gasteiger partial charge in [-0.05, 0) is 109 Å². The second-order valence-corrected chi connectivity index (χ2v) is 59.8. The molecule has 0 amide bonds. The van der Waals surface area contributed by atoms with Crippen molar-refractivity contribution < 1.29 is 72.1 Å². The van der Waals surface area contributed by atoms with Gasteiger partial charge in [-0.25, -0.2) is 0 Å². The van der Waals surface area contributed by atoms with Gasteiger partial charge >= 0.3 is 15.6 Å². The number of ether oxygens (including phenoxy) is 2. The Morgan fingerprint density at radius 2 is 0.757 bits per heavy atom. The van der Waals surface area contributed by atoms with Crippen LogP contribution in [0, 0.1) is 0 Å². The minimum absolute atomic E-state index is 0.00458. The molecule has 0 aromatic rings. The molecule has 0 unspecified atom stereocenters. The average molecular weight is 1180 g/mol. The lowest BCUT2D eigenvalue weighted by Gasteiger charge is -2.47. The summed E-state index contributed by atoms with van der Waals surface area (Å²) < 4.78 is 111. The number of aliphatic hydroxyl groups excluding tert-OH is 1. The Morgan fingerprint density at radius 3 is 1.03 bits per heavy atom. The maximum absolute atomic E-state index is 12.7. The second-order valence-electron chi connectivity index (χ2n) is 29.8. The molecule has 0 spiro atoms. The van der Waals surface area contributed by atoms with Crippen molar-refractivity contribution in [2.75, 3.05) is 19.8 Å². The standard InChI is InChI=1S/C24H53BO5Si3.C24H51BO5Si3.CHF3O3S/c2*1-21(2,3)31(10,11)27-17-24(16-26)19(30-33(14,15)23(7,8)9)18(20(25)28-24)29-32(12,13)22(4,5)6;2-1(3,4)8(5,6)7/h18-20,26H,16-17H2,1-15H3;16,18-20H,17H2,1-15H3;(H,5,6,7)/t2*18-,19-,20-,24-;/m11./s1. The highest BCUT2D eigenvalue weighted by molar-refractivity contribution is 7.86. The molecule has 13 nitrogen and oxygen atoms in total. The van der Waals surface area contributed by atoms with Gasteiger partial charge in [0.25, 0.3) is 0 Å². The molecule has 2 heterocycles. The fraction of sp³-hybridized carbons (Fsp3) is 0.980. The summed E-state index contributed by atoms with van der Waals surface area (Å²) in [6, 6.07) is -1.45. The summed E-state index contributed by atoms with van der Waals surface area (Å²) in [6.45, 7) is 66.1. The average Bonchev–Trinajstić information content (AvgIpc) is 3.54. The SMILES string of the molecule is O=S(=O)(O)C(F)(F)F.[B][C@@H]1O[C@](C=O)(CO[Si](C)(C)C(C)(C)C)[C@H](O[Si](C)(C)C(C)(C)C)[C@H]1O[Si](C)(C)C(C)(C)C.[B][C@@H]1O[C@](CO)(CO[Si](C)(C)C(C)(C)C)[C@H](O[Si](C)(C)C(C)(C)C)[C@H]1O[Si](C)(C)C(C)(C)C. The smallest absolute Gasteiger partial charge is 0.414 e. The third-order valence-electron chi connectivity index (χ3n) is 17.6. The van der Waals surface area contributed by atoms with Crippen LogP contribution in [0.2, 0.25) is 109 Å². The van der Waals surface area contributed by atoms with Gasteiger partial charge in [0.2, 0.25) is 0 Å². The Kier molecular flexibility index (Phi) is 24.3. The topological polar surface area (TPSA) is 166 Å². The van der Waals surface area contributed by atoms with E-state index in [-0.39, 0.29) is 50.1 Å². The van der Waals surface area contributed by atoms with Gasteiger partial charge in [0.05, 0.1) is 32.0 Å². The first kappa shape index (κ1) is 74.4. The number of carbonyl (C=O) groups excluding carboxylic acids is 1. The molecule has 2 fully saturated rings. The summed E-state index contributed by atoms with van der Waals surface area (Å²) in [5.74, 6) is 0. The van der Waals surface area contributed by atoms with Crippen LogP contribution >= 0.6 is 0 Å². The lowest BCUT2D eigenvalue weighted by molar-refractivity contribution is -0.140. The zero-order chi connectivity index (χ0) is 59.9. The first-order valence-electron chi connectivity index (χ1n) is 25.9. The monoisotopic (exact) mass is 1180 g/mol. The predicted octanol–water partition coefficient (Wildman–Crippen LogP) is 12.7. The van der Waals surface area contributed by atoms with Gasteiger partial charge in [-0.15, -0.1) is 0 Å². The van der Waals surface area contributed by atoms with E-state index < -0.39 is 113 Å². The first-order chi connectivity index (χ1) is 31.9. The molecule has 2 aliphatic rings. The van der Waals surface area contributed by atoms with Crippen molar-refractivity contribution in [1.29, 1.82) is 0 Å². The zero-order valence-corrected chi connectivity index (χ0v) is 58.6. The minimum atomic E-state index is -5.84. The quantitative estimate of drug-likeness (QED) is 0.0650. The molecule has 74 heavy (non-hydrogen) atoms. The normalized spacial score (nSPS) is 26.8. The van der Waals surface area contributed by atoms with Crippen LogP contribution < -0.4 is 0 Å². The number of hydrogen-bond donors (Lipinski definition) is 2. The molecule has 8 atom stereocenters. The van der Waals surface area contributed by atoms with E-state index in [9.17, 15) is 23.1 Å². The lowest BCUT2D eigenvalue weighted by atomic mass is 9.90. The number of halogens is 3. The van der Waals surface area contributed by atoms with E-state index in [1.165, 1.54) is 0 Å². The van der Waals surface area contributed by atoms with Crippen LogP contribution in [0.3, 0.4) is 0 Å². The summed E-state index contributed by atoms with van der Waals surface area (Å²) in [7, 11) is -5.86. The highest BCUT2D eigenvalue weighted by Crippen LogP contribution is 2.49. The van der Waals surface area contributed by atoms with Gasteiger partial charge in [-0.2, -0.15) is 21.6 Å². The Hall–Kier alpha value is 0.441. The van der Waals surface area contributed by atoms with E-state index >= 15 is 0 Å². The fourth-order valence-corrected chi connectivity index (χ4v) is 13.2. The van der Waals surface area contributed by atoms with Crippen molar-refractivity contribution in [2.45, 2.75) is 287 Å². The number of aldehydes is 1. The molecular weight excluding hydrogens is 1080 g/mol. The van der Waals surface area contributed by atoms with Crippen LogP contribution in [-0.4, -0.2) is 163 Å². The van der Waals surface area contributed by atoms with Crippen molar-refractivity contribution in [1.82, 2.24) is 0 Å². The van der Waals surface area contributed by atoms with Gasteiger partial charge in [0.1, 0.15) is 33.5 Å². The summed E-state index contributed by atoms with van der Waals surface area (Å²) in [5, 5.41) is 10.7. The number of rotatable bonds is 16. The van der Waals surface area contributed by atoms with Crippen LogP contribution in [-0.2, 0) is 50.9 Å². The van der Waals surface area contributed by atoms with Crippen molar-refractivity contribution >= 4 is 82.0 Å². The third-order valence-corrected chi connectivity index (χ3v) is 45.0. The summed E-state index contributed by atoms with van der Waals surface area (Å²) >= 11 is 0. The van der Waals surface area contributed by atoms with Gasteiger partial charge in [0.15, 0.2) is 61.8 Å². The molecule has 2 rings (SSSR count). The molecule has 2 aliphatic heterocycles. The Labute approximate surface area is 458 Å².